The van der Waals surface area contributed by atoms with E-state index in [1.807, 2.05) is 0 Å². The van der Waals surface area contributed by atoms with Crippen molar-refractivity contribution in [3.8, 4) is 5.75 Å². The average molecular weight is 438 g/mol. The summed E-state index contributed by atoms with van der Waals surface area (Å²) in [4.78, 5) is 12.5. The highest BCUT2D eigenvalue weighted by Gasteiger charge is 2.56. The first kappa shape index (κ1) is 22.6. The van der Waals surface area contributed by atoms with Gasteiger partial charge >= 0.3 is 6.18 Å². The molecule has 3 aromatic rings. The van der Waals surface area contributed by atoms with Crippen molar-refractivity contribution in [1.29, 1.82) is 0 Å². The Morgan fingerprint density at radius 2 is 1.74 bits per heavy atom. The van der Waals surface area contributed by atoms with E-state index in [4.69, 9.17) is 0 Å². The number of benzene rings is 2. The molecule has 0 amide bonds. The Morgan fingerprint density at radius 3 is 2.42 bits per heavy atom. The van der Waals surface area contributed by atoms with Gasteiger partial charge in [-0.1, -0.05) is 32.0 Å². The molecule has 0 aliphatic rings. The number of phenols is 1. The van der Waals surface area contributed by atoms with Crippen LogP contribution in [0.25, 0.3) is 10.8 Å². The predicted octanol–water partition coefficient (Wildman–Crippen LogP) is 4.05. The maximum Gasteiger partial charge on any atom is 0.419 e. The number of hydrogen-bond donors (Lipinski definition) is 3. The summed E-state index contributed by atoms with van der Waals surface area (Å²) in [5.74, 6) is -1.10. The maximum absolute atomic E-state index is 13.9. The molecule has 0 fully saturated rings. The molecule has 0 spiro atoms. The average Bonchev–Trinajstić information content (AvgIpc) is 2.68. The lowest BCUT2D eigenvalue weighted by Crippen LogP contribution is -2.55. The molecule has 31 heavy (non-hydrogen) atoms. The summed E-state index contributed by atoms with van der Waals surface area (Å²) in [6.45, 7) is 1.69. The number of alkyl halides is 3. The molecule has 1 aromatic heterocycles. The van der Waals surface area contributed by atoms with Crippen LogP contribution in [0.1, 0.15) is 25.8 Å². The van der Waals surface area contributed by atoms with E-state index in [1.54, 1.807) is 30.3 Å². The van der Waals surface area contributed by atoms with Crippen LogP contribution in [0, 0.1) is 5.82 Å². The molecule has 0 radical (unpaired) electrons. The number of aromatic nitrogens is 1. The molecular formula is C22H22F4N2O3. The molecule has 5 nitrogen and oxygen atoms in total. The van der Waals surface area contributed by atoms with Gasteiger partial charge in [-0.15, -0.1) is 0 Å². The summed E-state index contributed by atoms with van der Waals surface area (Å²) < 4.78 is 56.1. The molecule has 0 bridgehead atoms. The molecule has 0 saturated carbocycles. The third-order valence-electron chi connectivity index (χ3n) is 5.30. The monoisotopic (exact) mass is 438 g/mol. The second-order valence-electron chi connectivity index (χ2n) is 8.16. The number of nitrogens with one attached hydrogen (secondary N) is 1. The van der Waals surface area contributed by atoms with Gasteiger partial charge in [-0.3, -0.25) is 4.79 Å². The van der Waals surface area contributed by atoms with Crippen LogP contribution < -0.4 is 11.0 Å². The number of aromatic hydroxyl groups is 1. The van der Waals surface area contributed by atoms with Crippen LogP contribution in [0.5, 0.6) is 5.75 Å². The molecular weight excluding hydrogens is 416 g/mol. The highest BCUT2D eigenvalue weighted by atomic mass is 19.4. The van der Waals surface area contributed by atoms with Gasteiger partial charge in [0.05, 0.1) is 6.54 Å². The summed E-state index contributed by atoms with van der Waals surface area (Å²) in [5, 5.41) is 21.5. The lowest BCUT2D eigenvalue weighted by atomic mass is 9.74. The van der Waals surface area contributed by atoms with E-state index < -0.39 is 41.5 Å². The zero-order valence-electron chi connectivity index (χ0n) is 16.9. The van der Waals surface area contributed by atoms with E-state index >= 15 is 0 Å². The first-order valence-electron chi connectivity index (χ1n) is 9.46. The van der Waals surface area contributed by atoms with Gasteiger partial charge in [0.25, 0.3) is 5.56 Å². The first-order chi connectivity index (χ1) is 14.3. The summed E-state index contributed by atoms with van der Waals surface area (Å²) in [7, 11) is 0. The molecule has 1 atom stereocenters. The van der Waals surface area contributed by atoms with Gasteiger partial charge in [0.15, 0.2) is 5.60 Å². The van der Waals surface area contributed by atoms with E-state index in [-0.39, 0.29) is 11.3 Å². The molecule has 1 unspecified atom stereocenters. The molecule has 3 N–H and O–H groups in total. The van der Waals surface area contributed by atoms with Crippen molar-refractivity contribution in [3.63, 3.8) is 0 Å². The SMILES string of the molecule is CC(C)(CC(O)(CNn1ccc2ccccc2c1=O)C(F)(F)F)c1cc(F)ccc1O. The number of nitrogens with zero attached hydrogens (tertiary/aromatic N) is 1. The number of pyridine rings is 1. The first-order valence-corrected chi connectivity index (χ1v) is 9.46. The second kappa shape index (κ2) is 7.88. The van der Waals surface area contributed by atoms with E-state index in [0.29, 0.717) is 10.8 Å². The fourth-order valence-electron chi connectivity index (χ4n) is 3.67. The Balaban J connectivity index is 1.92. The van der Waals surface area contributed by atoms with Crippen molar-refractivity contribution in [3.05, 3.63) is 76.5 Å². The minimum atomic E-state index is -5.07. The Hall–Kier alpha value is -3.07. The van der Waals surface area contributed by atoms with Gasteiger partial charge in [0.1, 0.15) is 11.6 Å². The van der Waals surface area contributed by atoms with E-state index in [0.717, 1.165) is 22.9 Å². The minimum Gasteiger partial charge on any atom is -0.508 e. The quantitative estimate of drug-likeness (QED) is 0.508. The van der Waals surface area contributed by atoms with Crippen LogP contribution in [0.2, 0.25) is 0 Å². The Kier molecular flexibility index (Phi) is 5.75. The van der Waals surface area contributed by atoms with Crippen LogP contribution in [-0.2, 0) is 5.41 Å². The number of fused-ring (bicyclic) bond motifs is 1. The van der Waals surface area contributed by atoms with Crippen LogP contribution in [0.15, 0.2) is 59.5 Å². The summed E-state index contributed by atoms with van der Waals surface area (Å²) in [6.07, 6.45) is -4.68. The van der Waals surface area contributed by atoms with E-state index in [9.17, 15) is 32.6 Å². The van der Waals surface area contributed by atoms with Crippen LogP contribution in [0.3, 0.4) is 0 Å². The van der Waals surface area contributed by atoms with Gasteiger partial charge in [-0.05, 0) is 47.6 Å². The zero-order valence-corrected chi connectivity index (χ0v) is 16.9. The normalized spacial score (nSPS) is 14.4. The van der Waals surface area contributed by atoms with Gasteiger partial charge in [-0.2, -0.15) is 13.2 Å². The van der Waals surface area contributed by atoms with Gasteiger partial charge in [0.2, 0.25) is 0 Å². The summed E-state index contributed by atoms with van der Waals surface area (Å²) in [6, 6.07) is 11.1. The molecule has 3 rings (SSSR count). The number of aliphatic hydroxyl groups is 1. The van der Waals surface area contributed by atoms with Crippen molar-refractivity contribution >= 4 is 10.8 Å². The third-order valence-corrected chi connectivity index (χ3v) is 5.30. The van der Waals surface area contributed by atoms with E-state index in [1.165, 1.54) is 20.0 Å². The number of hydrogen-bond acceptors (Lipinski definition) is 4. The molecule has 166 valence electrons. The maximum atomic E-state index is 13.9. The standard InChI is InChI=1S/C22H22F4N2O3/c1-20(2,17-11-15(23)7-8-18(17)29)12-21(31,22(24,25)26)13-27-28-10-9-14-5-3-4-6-16(14)19(28)30/h3-11,27,29,31H,12-13H2,1-2H3. The number of halogens is 4. The molecule has 2 aromatic carbocycles. The smallest absolute Gasteiger partial charge is 0.419 e. The largest absolute Gasteiger partial charge is 0.508 e. The topological polar surface area (TPSA) is 74.5 Å². The van der Waals surface area contributed by atoms with Crippen LogP contribution in [-0.4, -0.2) is 33.2 Å². The van der Waals surface area contributed by atoms with Crippen LogP contribution >= 0.6 is 0 Å². The fraction of sp³-hybridized carbons (Fsp3) is 0.318. The van der Waals surface area contributed by atoms with Crippen molar-refractivity contribution in [1.82, 2.24) is 4.68 Å². The Morgan fingerprint density at radius 1 is 1.06 bits per heavy atom. The predicted molar refractivity (Wildman–Crippen MR) is 109 cm³/mol. The number of phenolic OH excluding ortho intramolecular Hbond substituents is 1. The lowest BCUT2D eigenvalue weighted by Gasteiger charge is -2.38. The van der Waals surface area contributed by atoms with Crippen molar-refractivity contribution in [2.45, 2.75) is 37.5 Å². The Labute approximate surface area is 175 Å². The third kappa shape index (κ3) is 4.51. The molecule has 9 heteroatoms. The van der Waals surface area contributed by atoms with Crippen molar-refractivity contribution in [2.24, 2.45) is 0 Å². The molecule has 0 saturated heterocycles. The lowest BCUT2D eigenvalue weighted by molar-refractivity contribution is -0.261. The van der Waals surface area contributed by atoms with Crippen LogP contribution in [0.4, 0.5) is 17.6 Å². The van der Waals surface area contributed by atoms with Gasteiger partial charge in [0, 0.05) is 17.1 Å². The Bertz CT molecular complexity index is 1160. The molecule has 0 aliphatic heterocycles. The van der Waals surface area contributed by atoms with Gasteiger partial charge < -0.3 is 15.6 Å². The number of rotatable bonds is 6. The fourth-order valence-corrected chi connectivity index (χ4v) is 3.67. The highest BCUT2D eigenvalue weighted by molar-refractivity contribution is 5.81. The second-order valence-corrected chi connectivity index (χ2v) is 8.16. The minimum absolute atomic E-state index is 0.0713. The van der Waals surface area contributed by atoms with Crippen molar-refractivity contribution < 1.29 is 27.8 Å². The molecule has 1 heterocycles. The summed E-state index contributed by atoms with van der Waals surface area (Å²) in [5.41, 5.74) is -3.02. The summed E-state index contributed by atoms with van der Waals surface area (Å²) >= 11 is 0. The van der Waals surface area contributed by atoms with Crippen molar-refractivity contribution in [2.75, 3.05) is 12.0 Å². The zero-order chi connectivity index (χ0) is 23.0. The molecule has 0 aliphatic carbocycles. The van der Waals surface area contributed by atoms with Gasteiger partial charge in [-0.25, -0.2) is 9.07 Å². The highest BCUT2D eigenvalue weighted by Crippen LogP contribution is 2.43. The van der Waals surface area contributed by atoms with E-state index in [2.05, 4.69) is 5.43 Å².